The molecular formula is C22H32N4O3. The summed E-state index contributed by atoms with van der Waals surface area (Å²) in [6.07, 6.45) is 7.70. The van der Waals surface area contributed by atoms with Crippen molar-refractivity contribution in [2.24, 2.45) is 17.8 Å². The van der Waals surface area contributed by atoms with E-state index >= 15 is 0 Å². The van der Waals surface area contributed by atoms with E-state index in [9.17, 15) is 9.59 Å². The van der Waals surface area contributed by atoms with Crippen LogP contribution in [0.2, 0.25) is 0 Å². The fourth-order valence-corrected chi connectivity index (χ4v) is 6.53. The van der Waals surface area contributed by atoms with E-state index in [1.54, 1.807) is 4.90 Å². The average Bonchev–Trinajstić information content (AvgIpc) is 3.01. The molecule has 1 aromatic heterocycles. The number of aromatic nitrogens is 2. The minimum Gasteiger partial charge on any atom is -0.444 e. The minimum absolute atomic E-state index is 0.0445. The second-order valence-electron chi connectivity index (χ2n) is 10.8. The summed E-state index contributed by atoms with van der Waals surface area (Å²) in [4.78, 5) is 27.4. The molecular weight excluding hydrogens is 368 g/mol. The topological polar surface area (TPSA) is 87.3 Å². The Balaban J connectivity index is 1.31. The zero-order chi connectivity index (χ0) is 20.4. The summed E-state index contributed by atoms with van der Waals surface area (Å²) >= 11 is 0. The van der Waals surface area contributed by atoms with Crippen LogP contribution in [-0.4, -0.2) is 44.8 Å². The van der Waals surface area contributed by atoms with Gasteiger partial charge in [-0.25, -0.2) is 4.79 Å². The molecule has 4 fully saturated rings. The fraction of sp³-hybridized carbons (Fsp3) is 0.773. The van der Waals surface area contributed by atoms with Gasteiger partial charge in [-0.3, -0.25) is 9.89 Å². The zero-order valence-electron chi connectivity index (χ0n) is 17.7. The number of carbonyl (C=O) groups excluding carboxylic acids is 2. The first-order valence-electron chi connectivity index (χ1n) is 11.1. The van der Waals surface area contributed by atoms with Crippen molar-refractivity contribution < 1.29 is 14.3 Å². The van der Waals surface area contributed by atoms with Gasteiger partial charge in [0.2, 0.25) is 0 Å². The van der Waals surface area contributed by atoms with Crippen molar-refractivity contribution in [3.63, 3.8) is 0 Å². The lowest BCUT2D eigenvalue weighted by molar-refractivity contribution is -0.0168. The molecule has 0 aromatic carbocycles. The molecule has 158 valence electrons. The lowest BCUT2D eigenvalue weighted by atomic mass is 9.53. The van der Waals surface area contributed by atoms with E-state index < -0.39 is 5.60 Å². The standard InChI is InChI=1S/C22H32N4O3/c1-21(2,3)29-20(28)26-5-4-17-16(12-26)18(25-24-17)19(27)23-22-9-13-6-14(10-22)8-15(7-13)11-22/h13-15H,4-12H2,1-3H3,(H,23,27)(H,24,25). The van der Waals surface area contributed by atoms with Crippen LogP contribution in [-0.2, 0) is 17.7 Å². The predicted octanol–water partition coefficient (Wildman–Crippen LogP) is 3.40. The largest absolute Gasteiger partial charge is 0.444 e. The molecule has 6 rings (SSSR count). The Bertz CT molecular complexity index is 802. The minimum atomic E-state index is -0.535. The van der Waals surface area contributed by atoms with Crippen molar-refractivity contribution in [2.45, 2.75) is 83.4 Å². The van der Waals surface area contributed by atoms with Crippen molar-refractivity contribution in [1.82, 2.24) is 20.4 Å². The molecule has 0 unspecified atom stereocenters. The Morgan fingerprint density at radius 2 is 1.76 bits per heavy atom. The van der Waals surface area contributed by atoms with Crippen LogP contribution < -0.4 is 5.32 Å². The summed E-state index contributed by atoms with van der Waals surface area (Å²) in [7, 11) is 0. The molecule has 1 aliphatic heterocycles. The highest BCUT2D eigenvalue weighted by molar-refractivity contribution is 5.94. The summed E-state index contributed by atoms with van der Waals surface area (Å²) in [5.41, 5.74) is 1.66. The van der Waals surface area contributed by atoms with E-state index in [-0.39, 0.29) is 17.5 Å². The molecule has 0 saturated heterocycles. The maximum Gasteiger partial charge on any atom is 0.410 e. The van der Waals surface area contributed by atoms with Gasteiger partial charge in [-0.05, 0) is 77.0 Å². The van der Waals surface area contributed by atoms with Crippen LogP contribution in [0.25, 0.3) is 0 Å². The fourth-order valence-electron chi connectivity index (χ4n) is 6.53. The molecule has 0 atom stereocenters. The molecule has 0 spiro atoms. The number of carbonyl (C=O) groups is 2. The molecule has 4 saturated carbocycles. The number of fused-ring (bicyclic) bond motifs is 1. The van der Waals surface area contributed by atoms with Gasteiger partial charge >= 0.3 is 6.09 Å². The van der Waals surface area contributed by atoms with Crippen LogP contribution in [0.3, 0.4) is 0 Å². The summed E-state index contributed by atoms with van der Waals surface area (Å²) in [6.45, 7) is 6.53. The van der Waals surface area contributed by atoms with Gasteiger partial charge < -0.3 is 15.0 Å². The Kier molecular flexibility index (Phi) is 4.23. The molecule has 0 radical (unpaired) electrons. The highest BCUT2D eigenvalue weighted by Crippen LogP contribution is 2.55. The first-order valence-corrected chi connectivity index (χ1v) is 11.1. The van der Waals surface area contributed by atoms with Crippen LogP contribution >= 0.6 is 0 Å². The van der Waals surface area contributed by atoms with Crippen molar-refractivity contribution in [2.75, 3.05) is 6.54 Å². The Morgan fingerprint density at radius 1 is 1.14 bits per heavy atom. The third kappa shape index (κ3) is 3.53. The van der Waals surface area contributed by atoms with Gasteiger partial charge in [0.05, 0.1) is 6.54 Å². The summed E-state index contributed by atoms with van der Waals surface area (Å²) in [5.74, 6) is 2.24. The lowest BCUT2D eigenvalue weighted by Gasteiger charge is -2.56. The molecule has 2 N–H and O–H groups in total. The van der Waals surface area contributed by atoms with Gasteiger partial charge in [0.1, 0.15) is 5.60 Å². The van der Waals surface area contributed by atoms with Gasteiger partial charge in [0.15, 0.2) is 5.69 Å². The van der Waals surface area contributed by atoms with Gasteiger partial charge in [-0.15, -0.1) is 0 Å². The third-order valence-corrected chi connectivity index (χ3v) is 7.22. The first-order chi connectivity index (χ1) is 13.7. The van der Waals surface area contributed by atoms with E-state index in [4.69, 9.17) is 4.74 Å². The SMILES string of the molecule is CC(C)(C)OC(=O)N1CCc2[nH]nc(C(=O)NC34CC5CC(CC(C5)C3)C4)c2C1. The monoisotopic (exact) mass is 400 g/mol. The average molecular weight is 401 g/mol. The van der Waals surface area contributed by atoms with E-state index in [1.165, 1.54) is 19.3 Å². The van der Waals surface area contributed by atoms with Crippen molar-refractivity contribution in [3.8, 4) is 0 Å². The smallest absolute Gasteiger partial charge is 0.410 e. The Hall–Kier alpha value is -2.05. The third-order valence-electron chi connectivity index (χ3n) is 7.22. The quantitative estimate of drug-likeness (QED) is 0.796. The number of amides is 2. The van der Waals surface area contributed by atoms with Gasteiger partial charge in [-0.1, -0.05) is 0 Å². The zero-order valence-corrected chi connectivity index (χ0v) is 17.7. The number of ether oxygens (including phenoxy) is 1. The maximum atomic E-state index is 13.2. The van der Waals surface area contributed by atoms with Crippen molar-refractivity contribution in [3.05, 3.63) is 17.0 Å². The Labute approximate surface area is 171 Å². The van der Waals surface area contributed by atoms with Crippen LogP contribution in [0.1, 0.15) is 81.0 Å². The van der Waals surface area contributed by atoms with Crippen LogP contribution in [0.5, 0.6) is 0 Å². The first kappa shape index (κ1) is 18.9. The second kappa shape index (κ2) is 6.47. The Morgan fingerprint density at radius 3 is 2.34 bits per heavy atom. The number of H-pyrrole nitrogens is 1. The van der Waals surface area contributed by atoms with Crippen molar-refractivity contribution in [1.29, 1.82) is 0 Å². The molecule has 29 heavy (non-hydrogen) atoms. The summed E-state index contributed by atoms with van der Waals surface area (Å²) < 4.78 is 5.52. The van der Waals surface area contributed by atoms with Crippen molar-refractivity contribution >= 4 is 12.0 Å². The molecule has 7 heteroatoms. The maximum absolute atomic E-state index is 13.2. The summed E-state index contributed by atoms with van der Waals surface area (Å²) in [6, 6.07) is 0. The molecule has 2 heterocycles. The summed E-state index contributed by atoms with van der Waals surface area (Å²) in [5, 5.41) is 10.8. The van der Waals surface area contributed by atoms with Crippen LogP contribution in [0, 0.1) is 17.8 Å². The molecule has 2 amide bonds. The van der Waals surface area contributed by atoms with E-state index in [0.29, 0.717) is 25.2 Å². The van der Waals surface area contributed by atoms with E-state index in [0.717, 1.165) is 48.3 Å². The van der Waals surface area contributed by atoms with Crippen LogP contribution in [0.15, 0.2) is 0 Å². The van der Waals surface area contributed by atoms with E-state index in [1.807, 2.05) is 20.8 Å². The normalized spacial score (nSPS) is 32.8. The lowest BCUT2D eigenvalue weighted by Crippen LogP contribution is -2.60. The number of rotatable bonds is 2. The van der Waals surface area contributed by atoms with Gasteiger partial charge in [-0.2, -0.15) is 5.10 Å². The van der Waals surface area contributed by atoms with Gasteiger partial charge in [0, 0.05) is 29.8 Å². The molecule has 4 bridgehead atoms. The number of nitrogens with one attached hydrogen (secondary N) is 2. The number of nitrogens with zero attached hydrogens (tertiary/aromatic N) is 2. The van der Waals surface area contributed by atoms with Crippen LogP contribution in [0.4, 0.5) is 4.79 Å². The number of aromatic amines is 1. The van der Waals surface area contributed by atoms with Gasteiger partial charge in [0.25, 0.3) is 5.91 Å². The molecule has 7 nitrogen and oxygen atoms in total. The predicted molar refractivity (Wildman–Crippen MR) is 107 cm³/mol. The molecule has 1 aromatic rings. The van der Waals surface area contributed by atoms with E-state index in [2.05, 4.69) is 15.5 Å². The number of hydrogen-bond donors (Lipinski definition) is 2. The highest BCUT2D eigenvalue weighted by atomic mass is 16.6. The molecule has 5 aliphatic rings. The molecule has 4 aliphatic carbocycles. The number of hydrogen-bond acceptors (Lipinski definition) is 4. The highest BCUT2D eigenvalue weighted by Gasteiger charge is 2.51. The second-order valence-corrected chi connectivity index (χ2v) is 10.8.